The summed E-state index contributed by atoms with van der Waals surface area (Å²) in [7, 11) is 0. The number of rotatable bonds is 9. The summed E-state index contributed by atoms with van der Waals surface area (Å²) in [5.74, 6) is -3.98. The quantitative estimate of drug-likeness (QED) is 0.145. The number of hydrogen-bond acceptors (Lipinski definition) is 8. The Kier molecular flexibility index (Phi) is 10.3. The van der Waals surface area contributed by atoms with Crippen LogP contribution in [-0.4, -0.2) is 68.4 Å². The summed E-state index contributed by atoms with van der Waals surface area (Å²) in [5.41, 5.74) is 1.02. The van der Waals surface area contributed by atoms with E-state index in [9.17, 15) is 42.6 Å². The molecular weight excluding hydrogens is 671 g/mol. The van der Waals surface area contributed by atoms with Crippen LogP contribution >= 0.6 is 11.6 Å². The molecule has 3 aromatic carbocycles. The number of piperidine rings is 1. The van der Waals surface area contributed by atoms with Crippen LogP contribution in [0.4, 0.5) is 29.3 Å². The molecule has 2 heterocycles. The number of amides is 3. The summed E-state index contributed by atoms with van der Waals surface area (Å²) in [5, 5.41) is 29.1. The number of urea groups is 1. The summed E-state index contributed by atoms with van der Waals surface area (Å²) in [6, 6.07) is 14.5. The summed E-state index contributed by atoms with van der Waals surface area (Å²) < 4.78 is 40.8. The first-order chi connectivity index (χ1) is 23.3. The number of hydrazone groups is 1. The highest BCUT2D eigenvalue weighted by molar-refractivity contribution is 6.31. The van der Waals surface area contributed by atoms with Crippen LogP contribution in [0.2, 0.25) is 5.02 Å². The van der Waals surface area contributed by atoms with Gasteiger partial charge >= 0.3 is 24.1 Å². The number of carbonyl (C=O) groups is 4. The Bertz CT molecular complexity index is 1920. The van der Waals surface area contributed by atoms with Crippen LogP contribution in [0.1, 0.15) is 67.3 Å². The summed E-state index contributed by atoms with van der Waals surface area (Å²) >= 11 is 5.68. The second-order valence-corrected chi connectivity index (χ2v) is 11.3. The van der Waals surface area contributed by atoms with E-state index in [1.807, 2.05) is 0 Å². The van der Waals surface area contributed by atoms with E-state index in [1.165, 1.54) is 30.3 Å². The third-order valence-corrected chi connectivity index (χ3v) is 7.88. The first-order valence-corrected chi connectivity index (χ1v) is 15.1. The smallest absolute Gasteiger partial charge is 0.417 e. The number of nitrogens with one attached hydrogen (secondary N) is 1. The van der Waals surface area contributed by atoms with Crippen LogP contribution in [0, 0.1) is 0 Å². The van der Waals surface area contributed by atoms with Gasteiger partial charge in [-0.2, -0.15) is 18.3 Å². The van der Waals surface area contributed by atoms with Gasteiger partial charge in [-0.1, -0.05) is 35.0 Å². The predicted molar refractivity (Wildman–Crippen MR) is 171 cm³/mol. The molecule has 0 spiro atoms. The standard InChI is InChI=1S/C32H27ClF3N7O6/c33-25-12-7-19(16-24(25)32(34,35)36)17-37-39-31(49)43(23-10-8-22(9-11-23)41-13-2-1-3-14-41)28(44)21-6-4-5-20(15-21)18-42-27(30(47)48)26(29(45)46)38-40-42/h4-12,15-17H,1-3,13-14,18H2,(H,39,49)(H,45,46)(H,47,48). The number of carbonyl (C=O) groups excluding carboxylic acids is 2. The van der Waals surface area contributed by atoms with Crippen LogP contribution in [0.3, 0.4) is 0 Å². The maximum absolute atomic E-state index is 13.9. The molecule has 0 bridgehead atoms. The van der Waals surface area contributed by atoms with Crippen LogP contribution in [0.25, 0.3) is 0 Å². The number of carboxylic acid groups (broad SMARTS) is 2. The second kappa shape index (κ2) is 14.6. The van der Waals surface area contributed by atoms with Crippen LogP contribution < -0.4 is 15.2 Å². The first-order valence-electron chi connectivity index (χ1n) is 14.7. The van der Waals surface area contributed by atoms with E-state index in [-0.39, 0.29) is 23.4 Å². The Labute approximate surface area is 281 Å². The molecule has 0 saturated carbocycles. The second-order valence-electron chi connectivity index (χ2n) is 10.9. The number of imide groups is 1. The molecule has 1 aliphatic rings. The van der Waals surface area contributed by atoms with Gasteiger partial charge in [-0.05, 0) is 78.9 Å². The zero-order chi connectivity index (χ0) is 35.3. The van der Waals surface area contributed by atoms with Crippen LogP contribution in [-0.2, 0) is 12.7 Å². The lowest BCUT2D eigenvalue weighted by molar-refractivity contribution is -0.137. The fraction of sp³-hybridized carbons (Fsp3) is 0.219. The minimum absolute atomic E-state index is 0.0142. The van der Waals surface area contributed by atoms with Crippen molar-refractivity contribution in [2.24, 2.45) is 5.10 Å². The molecule has 254 valence electrons. The minimum atomic E-state index is -4.72. The Morgan fingerprint density at radius 3 is 2.33 bits per heavy atom. The van der Waals surface area contributed by atoms with Crippen molar-refractivity contribution in [2.45, 2.75) is 32.0 Å². The predicted octanol–water partition coefficient (Wildman–Crippen LogP) is 5.78. The Morgan fingerprint density at radius 2 is 1.67 bits per heavy atom. The van der Waals surface area contributed by atoms with Crippen molar-refractivity contribution < 1.29 is 42.6 Å². The Balaban J connectivity index is 1.43. The van der Waals surface area contributed by atoms with Gasteiger partial charge in [0.15, 0.2) is 5.69 Å². The summed E-state index contributed by atoms with van der Waals surface area (Å²) in [4.78, 5) is 53.5. The minimum Gasteiger partial charge on any atom is -0.476 e. The SMILES string of the molecule is O=C(O)c1nnn(Cc2cccc(C(=O)N(C(=O)NN=Cc3ccc(Cl)c(C(F)(F)F)c3)c3ccc(N4CCCCC4)cc3)c2)c1C(=O)O. The molecule has 1 fully saturated rings. The first kappa shape index (κ1) is 34.6. The molecule has 0 atom stereocenters. The molecular formula is C32H27ClF3N7O6. The van der Waals surface area contributed by atoms with Gasteiger partial charge in [0.25, 0.3) is 5.91 Å². The monoisotopic (exact) mass is 697 g/mol. The highest BCUT2D eigenvalue weighted by Crippen LogP contribution is 2.35. The lowest BCUT2D eigenvalue weighted by atomic mass is 10.1. The van der Waals surface area contributed by atoms with Gasteiger partial charge in [-0.3, -0.25) is 4.79 Å². The van der Waals surface area contributed by atoms with Gasteiger partial charge in [0.05, 0.1) is 29.0 Å². The van der Waals surface area contributed by atoms with E-state index in [0.717, 1.165) is 66.0 Å². The Hall–Kier alpha value is -5.77. The highest BCUT2D eigenvalue weighted by atomic mass is 35.5. The molecule has 4 aromatic rings. The molecule has 0 unspecified atom stereocenters. The number of anilines is 2. The van der Waals surface area contributed by atoms with Crippen molar-refractivity contribution in [2.75, 3.05) is 22.9 Å². The number of nitrogens with zero attached hydrogens (tertiary/aromatic N) is 6. The van der Waals surface area contributed by atoms with E-state index >= 15 is 0 Å². The van der Waals surface area contributed by atoms with E-state index in [2.05, 4.69) is 25.7 Å². The molecule has 13 nitrogen and oxygen atoms in total. The summed E-state index contributed by atoms with van der Waals surface area (Å²) in [6.45, 7) is 1.44. The molecule has 0 aliphatic carbocycles. The van der Waals surface area contributed by atoms with Gasteiger partial charge in [0, 0.05) is 24.3 Å². The van der Waals surface area contributed by atoms with Gasteiger partial charge in [-0.25, -0.2) is 29.4 Å². The average Bonchev–Trinajstić information content (AvgIpc) is 3.50. The zero-order valence-corrected chi connectivity index (χ0v) is 26.1. The number of aromatic nitrogens is 3. The van der Waals surface area contributed by atoms with E-state index in [0.29, 0.717) is 5.56 Å². The zero-order valence-electron chi connectivity index (χ0n) is 25.4. The number of alkyl halides is 3. The summed E-state index contributed by atoms with van der Waals surface area (Å²) in [6.07, 6.45) is -0.568. The number of carboxylic acids is 2. The molecule has 1 aliphatic heterocycles. The molecule has 3 N–H and O–H groups in total. The normalized spacial score (nSPS) is 13.3. The average molecular weight is 698 g/mol. The molecule has 49 heavy (non-hydrogen) atoms. The van der Waals surface area contributed by atoms with Crippen molar-refractivity contribution in [1.82, 2.24) is 20.4 Å². The topological polar surface area (TPSA) is 170 Å². The molecule has 1 aromatic heterocycles. The molecule has 0 radical (unpaired) electrons. The van der Waals surface area contributed by atoms with Crippen molar-refractivity contribution in [3.63, 3.8) is 0 Å². The van der Waals surface area contributed by atoms with Gasteiger partial charge < -0.3 is 15.1 Å². The third-order valence-electron chi connectivity index (χ3n) is 7.55. The van der Waals surface area contributed by atoms with E-state index in [1.54, 1.807) is 24.3 Å². The van der Waals surface area contributed by atoms with Crippen LogP contribution in [0.15, 0.2) is 71.8 Å². The van der Waals surface area contributed by atoms with E-state index < -0.39 is 52.0 Å². The van der Waals surface area contributed by atoms with Crippen molar-refractivity contribution in [1.29, 1.82) is 0 Å². The number of aromatic carboxylic acids is 2. The van der Waals surface area contributed by atoms with Gasteiger partial charge in [0.1, 0.15) is 0 Å². The number of halogens is 4. The lowest BCUT2D eigenvalue weighted by Gasteiger charge is -2.29. The fourth-order valence-electron chi connectivity index (χ4n) is 5.23. The Morgan fingerprint density at radius 1 is 0.959 bits per heavy atom. The number of hydrogen-bond donors (Lipinski definition) is 3. The molecule has 3 amide bonds. The lowest BCUT2D eigenvalue weighted by Crippen LogP contribution is -2.42. The van der Waals surface area contributed by atoms with Gasteiger partial charge in [-0.15, -0.1) is 5.10 Å². The number of benzene rings is 3. The van der Waals surface area contributed by atoms with Crippen LogP contribution in [0.5, 0.6) is 0 Å². The van der Waals surface area contributed by atoms with Crippen molar-refractivity contribution >= 4 is 53.1 Å². The maximum Gasteiger partial charge on any atom is 0.417 e. The molecule has 17 heteroatoms. The molecule has 1 saturated heterocycles. The van der Waals surface area contributed by atoms with Crippen molar-refractivity contribution in [3.05, 3.63) is 105 Å². The third kappa shape index (κ3) is 8.03. The van der Waals surface area contributed by atoms with Crippen molar-refractivity contribution in [3.8, 4) is 0 Å². The largest absolute Gasteiger partial charge is 0.476 e. The maximum atomic E-state index is 13.9. The van der Waals surface area contributed by atoms with Gasteiger partial charge in [0.2, 0.25) is 5.69 Å². The highest BCUT2D eigenvalue weighted by Gasteiger charge is 2.33. The molecule has 5 rings (SSSR count). The fourth-order valence-corrected chi connectivity index (χ4v) is 5.45. The van der Waals surface area contributed by atoms with E-state index in [4.69, 9.17) is 11.6 Å².